The van der Waals surface area contributed by atoms with Gasteiger partial charge in [-0.2, -0.15) is 0 Å². The lowest BCUT2D eigenvalue weighted by Crippen LogP contribution is -2.54. The molecule has 0 heterocycles. The van der Waals surface area contributed by atoms with Crippen molar-refractivity contribution in [1.29, 1.82) is 0 Å². The summed E-state index contributed by atoms with van der Waals surface area (Å²) in [5.74, 6) is -1.77. The molecule has 6 nitrogen and oxygen atoms in total. The zero-order chi connectivity index (χ0) is 27.0. The molecule has 0 radical (unpaired) electrons. The largest absolute Gasteiger partial charge is 0.480 e. The Kier molecular flexibility index (Phi) is 15.8. The number of ether oxygens (including phenoxy) is 1. The SMILES string of the molecule is CC(C)=CCCC(C)=CCC(C=C(C)CCC=C(C)C)OC(=O)NCCCC(N)(C(=O)O)C(F)F. The first-order valence-electron chi connectivity index (χ1n) is 12.1. The molecular formula is C27H44F2N2O4. The summed E-state index contributed by atoms with van der Waals surface area (Å²) in [6.07, 6.45) is 7.60. The fraction of sp³-hybridized carbons (Fsp3) is 0.630. The molecule has 0 bridgehead atoms. The summed E-state index contributed by atoms with van der Waals surface area (Å²) in [5.41, 5.74) is 7.49. The minimum Gasteiger partial charge on any atom is -0.480 e. The van der Waals surface area contributed by atoms with Crippen molar-refractivity contribution in [2.45, 2.75) is 105 Å². The zero-order valence-corrected chi connectivity index (χ0v) is 22.1. The first kappa shape index (κ1) is 32.5. The normalized spacial score (nSPS) is 14.7. The number of nitrogens with two attached hydrogens (primary N) is 1. The highest BCUT2D eigenvalue weighted by Crippen LogP contribution is 2.19. The van der Waals surface area contributed by atoms with Crippen molar-refractivity contribution in [1.82, 2.24) is 5.32 Å². The molecule has 0 rings (SSSR count). The van der Waals surface area contributed by atoms with E-state index in [-0.39, 0.29) is 13.0 Å². The Morgan fingerprint density at radius 2 is 1.51 bits per heavy atom. The van der Waals surface area contributed by atoms with E-state index in [0.29, 0.717) is 6.42 Å². The minimum atomic E-state index is -3.21. The maximum absolute atomic E-state index is 13.0. The molecule has 0 aromatic carbocycles. The number of alkyl halides is 2. The topological polar surface area (TPSA) is 102 Å². The molecule has 35 heavy (non-hydrogen) atoms. The first-order chi connectivity index (χ1) is 16.3. The number of carbonyl (C=O) groups is 2. The molecule has 0 saturated carbocycles. The van der Waals surface area contributed by atoms with Gasteiger partial charge in [0.05, 0.1) is 0 Å². The third-order valence-corrected chi connectivity index (χ3v) is 5.43. The molecule has 0 spiro atoms. The third-order valence-electron chi connectivity index (χ3n) is 5.43. The van der Waals surface area contributed by atoms with Crippen LogP contribution in [0.3, 0.4) is 0 Å². The summed E-state index contributed by atoms with van der Waals surface area (Å²) < 4.78 is 31.5. The molecule has 8 heteroatoms. The van der Waals surface area contributed by atoms with Crippen LogP contribution in [-0.2, 0) is 9.53 Å². The van der Waals surface area contributed by atoms with Gasteiger partial charge in [0.2, 0.25) is 0 Å². The monoisotopic (exact) mass is 498 g/mol. The number of halogens is 2. The highest BCUT2D eigenvalue weighted by Gasteiger charge is 2.43. The van der Waals surface area contributed by atoms with E-state index in [1.54, 1.807) is 0 Å². The van der Waals surface area contributed by atoms with E-state index in [0.717, 1.165) is 31.3 Å². The van der Waals surface area contributed by atoms with Gasteiger partial charge >= 0.3 is 12.1 Å². The molecule has 0 aliphatic rings. The van der Waals surface area contributed by atoms with Crippen LogP contribution in [0.2, 0.25) is 0 Å². The highest BCUT2D eigenvalue weighted by molar-refractivity contribution is 5.79. The van der Waals surface area contributed by atoms with E-state index < -0.39 is 36.6 Å². The maximum atomic E-state index is 13.0. The minimum absolute atomic E-state index is 0.0200. The standard InChI is InChI=1S/C27H44F2N2O4/c1-19(2)10-7-12-21(5)14-15-23(18-22(6)13-8-11-20(3)4)35-26(34)31-17-9-16-27(30,24(28)29)25(32)33/h10-11,14,18,23-24H,7-9,12-13,15-17,30H2,1-6H3,(H,31,34)(H,32,33). The summed E-state index contributed by atoms with van der Waals surface area (Å²) in [6, 6.07) is 0. The summed E-state index contributed by atoms with van der Waals surface area (Å²) in [5, 5.41) is 11.5. The number of carboxylic acids is 1. The van der Waals surface area contributed by atoms with Crippen LogP contribution >= 0.6 is 0 Å². The van der Waals surface area contributed by atoms with E-state index in [2.05, 4.69) is 37.4 Å². The number of amides is 1. The van der Waals surface area contributed by atoms with Crippen LogP contribution in [-0.4, -0.2) is 41.8 Å². The molecule has 0 aromatic rings. The van der Waals surface area contributed by atoms with Crippen LogP contribution in [0, 0.1) is 0 Å². The van der Waals surface area contributed by atoms with Gasteiger partial charge in [-0.05, 0) is 86.1 Å². The van der Waals surface area contributed by atoms with E-state index in [4.69, 9.17) is 15.6 Å². The predicted molar refractivity (Wildman–Crippen MR) is 138 cm³/mol. The van der Waals surface area contributed by atoms with Crippen molar-refractivity contribution in [2.24, 2.45) is 5.73 Å². The number of carbonyl (C=O) groups excluding carboxylic acids is 1. The van der Waals surface area contributed by atoms with Crippen LogP contribution in [0.1, 0.15) is 86.5 Å². The molecule has 200 valence electrons. The van der Waals surface area contributed by atoms with Crippen LogP contribution in [0.5, 0.6) is 0 Å². The molecule has 2 unspecified atom stereocenters. The lowest BCUT2D eigenvalue weighted by atomic mass is 9.95. The smallest absolute Gasteiger partial charge is 0.407 e. The molecule has 2 atom stereocenters. The Balaban J connectivity index is 5.05. The van der Waals surface area contributed by atoms with Crippen molar-refractivity contribution in [2.75, 3.05) is 6.54 Å². The van der Waals surface area contributed by atoms with Gasteiger partial charge in [-0.25, -0.2) is 18.4 Å². The molecule has 0 aromatic heterocycles. The molecule has 0 fully saturated rings. The van der Waals surface area contributed by atoms with E-state index >= 15 is 0 Å². The van der Waals surface area contributed by atoms with Gasteiger partial charge in [0.15, 0.2) is 5.54 Å². The van der Waals surface area contributed by atoms with E-state index in [1.807, 2.05) is 33.8 Å². The van der Waals surface area contributed by atoms with Crippen molar-refractivity contribution >= 4 is 12.1 Å². The Morgan fingerprint density at radius 1 is 0.971 bits per heavy atom. The lowest BCUT2D eigenvalue weighted by molar-refractivity contribution is -0.150. The number of allylic oxidation sites excluding steroid dienone is 6. The molecule has 0 aliphatic carbocycles. The Labute approximate surface area is 209 Å². The summed E-state index contributed by atoms with van der Waals surface area (Å²) in [7, 11) is 0. The second kappa shape index (κ2) is 17.0. The van der Waals surface area contributed by atoms with Gasteiger partial charge < -0.3 is 20.9 Å². The first-order valence-corrected chi connectivity index (χ1v) is 12.1. The van der Waals surface area contributed by atoms with Crippen LogP contribution < -0.4 is 11.1 Å². The van der Waals surface area contributed by atoms with Crippen molar-refractivity contribution in [3.63, 3.8) is 0 Å². The lowest BCUT2D eigenvalue weighted by Gasteiger charge is -2.23. The summed E-state index contributed by atoms with van der Waals surface area (Å²) in [6.45, 7) is 12.2. The number of alkyl carbamates (subject to hydrolysis) is 1. The second-order valence-corrected chi connectivity index (χ2v) is 9.56. The quantitative estimate of drug-likeness (QED) is 0.163. The van der Waals surface area contributed by atoms with Crippen molar-refractivity contribution in [3.05, 3.63) is 46.6 Å². The Bertz CT molecular complexity index is 795. The van der Waals surface area contributed by atoms with Gasteiger partial charge in [0.25, 0.3) is 6.43 Å². The number of aliphatic carboxylic acids is 1. The van der Waals surface area contributed by atoms with Crippen LogP contribution in [0.15, 0.2) is 46.6 Å². The Morgan fingerprint density at radius 3 is 2.00 bits per heavy atom. The fourth-order valence-corrected chi connectivity index (χ4v) is 3.21. The van der Waals surface area contributed by atoms with Gasteiger partial charge in [-0.1, -0.05) is 40.5 Å². The van der Waals surface area contributed by atoms with Gasteiger partial charge in [0.1, 0.15) is 6.10 Å². The number of rotatable bonds is 16. The molecule has 4 N–H and O–H groups in total. The van der Waals surface area contributed by atoms with Crippen molar-refractivity contribution < 1.29 is 28.2 Å². The maximum Gasteiger partial charge on any atom is 0.407 e. The summed E-state index contributed by atoms with van der Waals surface area (Å²) in [4.78, 5) is 23.4. The number of hydrogen-bond acceptors (Lipinski definition) is 4. The average molecular weight is 499 g/mol. The predicted octanol–water partition coefficient (Wildman–Crippen LogP) is 6.68. The van der Waals surface area contributed by atoms with E-state index in [1.165, 1.54) is 16.7 Å². The third kappa shape index (κ3) is 15.2. The average Bonchev–Trinajstić information content (AvgIpc) is 2.74. The number of carboxylic acid groups (broad SMARTS) is 1. The molecule has 0 aliphatic heterocycles. The molecule has 1 amide bonds. The van der Waals surface area contributed by atoms with E-state index in [9.17, 15) is 18.4 Å². The molecular weight excluding hydrogens is 454 g/mol. The van der Waals surface area contributed by atoms with Crippen LogP contribution in [0.4, 0.5) is 13.6 Å². The number of nitrogens with one attached hydrogen (secondary N) is 1. The van der Waals surface area contributed by atoms with Gasteiger partial charge in [0, 0.05) is 13.0 Å². The van der Waals surface area contributed by atoms with Crippen LogP contribution in [0.25, 0.3) is 0 Å². The highest BCUT2D eigenvalue weighted by atomic mass is 19.3. The van der Waals surface area contributed by atoms with Crippen molar-refractivity contribution in [3.8, 4) is 0 Å². The van der Waals surface area contributed by atoms with Gasteiger partial charge in [-0.3, -0.25) is 0 Å². The summed E-state index contributed by atoms with van der Waals surface area (Å²) >= 11 is 0. The second-order valence-electron chi connectivity index (χ2n) is 9.56. The fourth-order valence-electron chi connectivity index (χ4n) is 3.21. The number of hydrogen-bond donors (Lipinski definition) is 3. The zero-order valence-electron chi connectivity index (χ0n) is 22.1. The Hall–Kier alpha value is -2.48. The van der Waals surface area contributed by atoms with Gasteiger partial charge in [-0.15, -0.1) is 0 Å². The molecule has 0 saturated heterocycles.